The molecule has 2 aliphatic rings. The monoisotopic (exact) mass is 252 g/mol. The molecule has 2 rings (SSSR count). The molecule has 18 heavy (non-hydrogen) atoms. The van der Waals surface area contributed by atoms with Crippen LogP contribution in [0.4, 0.5) is 0 Å². The second-order valence-corrected chi connectivity index (χ2v) is 7.42. The lowest BCUT2D eigenvalue weighted by Crippen LogP contribution is -2.46. The molecule has 2 N–H and O–H groups in total. The first-order valence-corrected chi connectivity index (χ1v) is 7.22. The van der Waals surface area contributed by atoms with Gasteiger partial charge < -0.3 is 10.6 Å². The maximum absolute atomic E-state index is 12.6. The Bertz CT molecular complexity index is 334. The minimum absolute atomic E-state index is 0.144. The number of likely N-dealkylation sites (tertiary alicyclic amines) is 1. The van der Waals surface area contributed by atoms with Crippen molar-refractivity contribution in [2.45, 2.75) is 41.0 Å². The van der Waals surface area contributed by atoms with Crippen LogP contribution in [0, 0.1) is 28.6 Å². The van der Waals surface area contributed by atoms with Crippen LogP contribution in [0.5, 0.6) is 0 Å². The summed E-state index contributed by atoms with van der Waals surface area (Å²) in [4.78, 5) is 14.7. The summed E-state index contributed by atoms with van der Waals surface area (Å²) in [6, 6.07) is 0. The Morgan fingerprint density at radius 2 is 1.83 bits per heavy atom. The van der Waals surface area contributed by atoms with Gasteiger partial charge in [-0.2, -0.15) is 0 Å². The number of amides is 1. The summed E-state index contributed by atoms with van der Waals surface area (Å²) < 4.78 is 0. The van der Waals surface area contributed by atoms with Gasteiger partial charge in [0.15, 0.2) is 0 Å². The topological polar surface area (TPSA) is 46.3 Å². The SMILES string of the molecule is CC1CCN(C(=O)C2C(C)(C)C2(C)C)CC1CN. The Morgan fingerprint density at radius 1 is 1.28 bits per heavy atom. The lowest BCUT2D eigenvalue weighted by Gasteiger charge is -2.37. The molecule has 1 aliphatic heterocycles. The molecule has 0 radical (unpaired) electrons. The molecule has 0 spiro atoms. The van der Waals surface area contributed by atoms with Crippen LogP contribution in [0.15, 0.2) is 0 Å². The molecule has 2 atom stereocenters. The van der Waals surface area contributed by atoms with Crippen LogP contribution in [0.25, 0.3) is 0 Å². The zero-order valence-corrected chi connectivity index (χ0v) is 12.5. The standard InChI is InChI=1S/C15H28N2O/c1-10-6-7-17(9-11(10)8-16)13(18)12-14(2,3)15(12,4)5/h10-12H,6-9,16H2,1-5H3. The van der Waals surface area contributed by atoms with Crippen LogP contribution in [0.2, 0.25) is 0 Å². The predicted molar refractivity (Wildman–Crippen MR) is 74.0 cm³/mol. The third kappa shape index (κ3) is 1.87. The highest BCUT2D eigenvalue weighted by atomic mass is 16.2. The fraction of sp³-hybridized carbons (Fsp3) is 0.933. The number of hydrogen-bond acceptors (Lipinski definition) is 2. The van der Waals surface area contributed by atoms with Crippen LogP contribution < -0.4 is 5.73 Å². The van der Waals surface area contributed by atoms with Crippen molar-refractivity contribution in [2.24, 2.45) is 34.3 Å². The van der Waals surface area contributed by atoms with Crippen molar-refractivity contribution in [1.82, 2.24) is 4.90 Å². The predicted octanol–water partition coefficient (Wildman–Crippen LogP) is 2.11. The van der Waals surface area contributed by atoms with E-state index in [9.17, 15) is 4.79 Å². The molecule has 1 saturated heterocycles. The van der Waals surface area contributed by atoms with Gasteiger partial charge in [-0.05, 0) is 35.6 Å². The van der Waals surface area contributed by atoms with E-state index in [1.807, 2.05) is 0 Å². The summed E-state index contributed by atoms with van der Waals surface area (Å²) in [5.74, 6) is 1.68. The van der Waals surface area contributed by atoms with E-state index in [-0.39, 0.29) is 16.7 Å². The maximum atomic E-state index is 12.6. The molecular weight excluding hydrogens is 224 g/mol. The minimum Gasteiger partial charge on any atom is -0.342 e. The van der Waals surface area contributed by atoms with Crippen molar-refractivity contribution in [1.29, 1.82) is 0 Å². The van der Waals surface area contributed by atoms with E-state index in [4.69, 9.17) is 5.73 Å². The van der Waals surface area contributed by atoms with Gasteiger partial charge in [0.05, 0.1) is 0 Å². The average molecular weight is 252 g/mol. The lowest BCUT2D eigenvalue weighted by atomic mass is 9.87. The number of rotatable bonds is 2. The largest absolute Gasteiger partial charge is 0.342 e. The summed E-state index contributed by atoms with van der Waals surface area (Å²) in [5.41, 5.74) is 6.10. The number of piperidine rings is 1. The van der Waals surface area contributed by atoms with Crippen molar-refractivity contribution < 1.29 is 4.79 Å². The van der Waals surface area contributed by atoms with Gasteiger partial charge >= 0.3 is 0 Å². The van der Waals surface area contributed by atoms with E-state index in [0.29, 0.717) is 24.3 Å². The molecule has 3 nitrogen and oxygen atoms in total. The van der Waals surface area contributed by atoms with Crippen LogP contribution in [-0.4, -0.2) is 30.4 Å². The molecule has 1 aliphatic carbocycles. The second kappa shape index (κ2) is 4.22. The highest BCUT2D eigenvalue weighted by molar-refractivity contribution is 5.84. The summed E-state index contributed by atoms with van der Waals surface area (Å²) >= 11 is 0. The van der Waals surface area contributed by atoms with E-state index >= 15 is 0 Å². The Hall–Kier alpha value is -0.570. The van der Waals surface area contributed by atoms with Crippen molar-refractivity contribution in [3.63, 3.8) is 0 Å². The van der Waals surface area contributed by atoms with E-state index < -0.39 is 0 Å². The molecule has 1 amide bonds. The van der Waals surface area contributed by atoms with E-state index in [2.05, 4.69) is 39.5 Å². The number of nitrogens with zero attached hydrogens (tertiary/aromatic N) is 1. The molecule has 1 saturated carbocycles. The molecule has 1 heterocycles. The van der Waals surface area contributed by atoms with Gasteiger partial charge in [-0.15, -0.1) is 0 Å². The first-order valence-electron chi connectivity index (χ1n) is 7.22. The summed E-state index contributed by atoms with van der Waals surface area (Å²) in [5, 5.41) is 0. The molecule has 2 fully saturated rings. The van der Waals surface area contributed by atoms with Crippen LogP contribution >= 0.6 is 0 Å². The maximum Gasteiger partial charge on any atom is 0.226 e. The number of carbonyl (C=O) groups excluding carboxylic acids is 1. The van der Waals surface area contributed by atoms with E-state index in [1.54, 1.807) is 0 Å². The van der Waals surface area contributed by atoms with E-state index in [1.165, 1.54) is 0 Å². The summed E-state index contributed by atoms with van der Waals surface area (Å²) in [6.07, 6.45) is 1.10. The Labute approximate surface area is 111 Å². The zero-order chi connectivity index (χ0) is 13.7. The van der Waals surface area contributed by atoms with Gasteiger partial charge in [-0.25, -0.2) is 0 Å². The van der Waals surface area contributed by atoms with Crippen LogP contribution in [-0.2, 0) is 4.79 Å². The average Bonchev–Trinajstić information content (AvgIpc) is 2.69. The van der Waals surface area contributed by atoms with Crippen molar-refractivity contribution in [3.05, 3.63) is 0 Å². The van der Waals surface area contributed by atoms with Crippen LogP contribution in [0.1, 0.15) is 41.0 Å². The fourth-order valence-corrected chi connectivity index (χ4v) is 3.65. The minimum atomic E-state index is 0.144. The molecule has 0 aromatic heterocycles. The molecule has 0 aromatic carbocycles. The molecule has 0 bridgehead atoms. The molecule has 3 heteroatoms. The Morgan fingerprint density at radius 3 is 2.28 bits per heavy atom. The van der Waals surface area contributed by atoms with Gasteiger partial charge in [0.1, 0.15) is 0 Å². The first-order chi connectivity index (χ1) is 8.23. The lowest BCUT2D eigenvalue weighted by molar-refractivity contribution is -0.136. The third-order valence-corrected chi connectivity index (χ3v) is 6.00. The Kier molecular flexibility index (Phi) is 3.25. The van der Waals surface area contributed by atoms with Gasteiger partial charge in [0.2, 0.25) is 5.91 Å². The molecular formula is C15H28N2O. The van der Waals surface area contributed by atoms with Crippen molar-refractivity contribution in [2.75, 3.05) is 19.6 Å². The number of carbonyl (C=O) groups is 1. The molecule has 104 valence electrons. The third-order valence-electron chi connectivity index (χ3n) is 6.00. The smallest absolute Gasteiger partial charge is 0.226 e. The van der Waals surface area contributed by atoms with E-state index in [0.717, 1.165) is 19.5 Å². The highest BCUT2D eigenvalue weighted by Crippen LogP contribution is 2.68. The van der Waals surface area contributed by atoms with Gasteiger partial charge in [-0.3, -0.25) is 4.79 Å². The first kappa shape index (κ1) is 13.9. The number of nitrogens with two attached hydrogens (primary N) is 1. The normalized spacial score (nSPS) is 34.4. The number of hydrogen-bond donors (Lipinski definition) is 1. The van der Waals surface area contributed by atoms with Gasteiger partial charge in [-0.1, -0.05) is 34.6 Å². The van der Waals surface area contributed by atoms with Crippen molar-refractivity contribution in [3.8, 4) is 0 Å². The highest BCUT2D eigenvalue weighted by Gasteiger charge is 2.68. The summed E-state index contributed by atoms with van der Waals surface area (Å²) in [7, 11) is 0. The quantitative estimate of drug-likeness (QED) is 0.818. The van der Waals surface area contributed by atoms with Crippen LogP contribution in [0.3, 0.4) is 0 Å². The summed E-state index contributed by atoms with van der Waals surface area (Å²) in [6.45, 7) is 13.6. The fourth-order valence-electron chi connectivity index (χ4n) is 3.65. The molecule has 2 unspecified atom stereocenters. The second-order valence-electron chi connectivity index (χ2n) is 7.42. The van der Waals surface area contributed by atoms with Gasteiger partial charge in [0.25, 0.3) is 0 Å². The van der Waals surface area contributed by atoms with Gasteiger partial charge in [0, 0.05) is 19.0 Å². The zero-order valence-electron chi connectivity index (χ0n) is 12.5. The van der Waals surface area contributed by atoms with Crippen molar-refractivity contribution >= 4 is 5.91 Å². The molecule has 0 aromatic rings. The Balaban J connectivity index is 2.04.